The first-order valence-corrected chi connectivity index (χ1v) is 10.9. The lowest BCUT2D eigenvalue weighted by atomic mass is 9.96. The summed E-state index contributed by atoms with van der Waals surface area (Å²) in [5.41, 5.74) is -1.43. The van der Waals surface area contributed by atoms with E-state index in [1.807, 2.05) is 0 Å². The third-order valence-electron chi connectivity index (χ3n) is 5.70. The highest BCUT2D eigenvalue weighted by Gasteiger charge is 2.43. The molecule has 3 aromatic rings. The van der Waals surface area contributed by atoms with Crippen LogP contribution in [-0.2, 0) is 17.5 Å². The summed E-state index contributed by atoms with van der Waals surface area (Å²) in [6, 6.07) is 11.1. The summed E-state index contributed by atoms with van der Waals surface area (Å²) in [5.74, 6) is -1.04. The molecular formula is C24H23F3N4O5. The highest BCUT2D eigenvalue weighted by molar-refractivity contribution is 5.97. The number of hydrogen-bond acceptors (Lipinski definition) is 7. The van der Waals surface area contributed by atoms with Crippen LogP contribution in [0.3, 0.4) is 0 Å². The predicted molar refractivity (Wildman–Crippen MR) is 121 cm³/mol. The van der Waals surface area contributed by atoms with Crippen LogP contribution in [0.25, 0.3) is 0 Å². The van der Waals surface area contributed by atoms with Crippen molar-refractivity contribution in [2.75, 3.05) is 20.2 Å². The van der Waals surface area contributed by atoms with Gasteiger partial charge in [0.15, 0.2) is 0 Å². The van der Waals surface area contributed by atoms with E-state index in [-0.39, 0.29) is 42.0 Å². The Kier molecular flexibility index (Phi) is 7.15. The molecule has 1 fully saturated rings. The Morgan fingerprint density at radius 1 is 1.14 bits per heavy atom. The number of nitrogens with zero attached hydrogens (tertiary/aromatic N) is 1. The van der Waals surface area contributed by atoms with Crippen molar-refractivity contribution in [1.29, 1.82) is 0 Å². The van der Waals surface area contributed by atoms with Crippen molar-refractivity contribution in [3.63, 3.8) is 0 Å². The van der Waals surface area contributed by atoms with Gasteiger partial charge in [-0.05, 0) is 48.9 Å². The molecule has 1 saturated heterocycles. The van der Waals surface area contributed by atoms with Gasteiger partial charge in [0.05, 0.1) is 13.3 Å². The normalized spacial score (nSPS) is 17.4. The zero-order valence-electron chi connectivity index (χ0n) is 19.1. The number of alkyl halides is 3. The van der Waals surface area contributed by atoms with Crippen LogP contribution in [-0.4, -0.2) is 42.7 Å². The topological polar surface area (TPSA) is 115 Å². The van der Waals surface area contributed by atoms with Crippen LogP contribution in [0.15, 0.2) is 59.3 Å². The summed E-state index contributed by atoms with van der Waals surface area (Å²) in [7, 11) is 1.28. The minimum Gasteiger partial charge on any atom is -0.497 e. The number of hydrogen-bond donors (Lipinski definition) is 3. The van der Waals surface area contributed by atoms with Gasteiger partial charge in [0.1, 0.15) is 28.4 Å². The summed E-state index contributed by atoms with van der Waals surface area (Å²) in [5, 5.41) is 12.1. The summed E-state index contributed by atoms with van der Waals surface area (Å²) >= 11 is 0. The van der Waals surface area contributed by atoms with E-state index >= 15 is 0 Å². The molecule has 2 aromatic carbocycles. The molecule has 9 nitrogen and oxygen atoms in total. The second-order valence-electron chi connectivity index (χ2n) is 8.13. The van der Waals surface area contributed by atoms with Crippen LogP contribution in [0, 0.1) is 0 Å². The molecule has 190 valence electrons. The Morgan fingerprint density at radius 3 is 2.50 bits per heavy atom. The van der Waals surface area contributed by atoms with Gasteiger partial charge in [0, 0.05) is 19.2 Å². The van der Waals surface area contributed by atoms with Crippen LogP contribution < -0.4 is 25.4 Å². The third kappa shape index (κ3) is 5.60. The molecule has 0 saturated carbocycles. The SMILES string of the molecule is COc1ccc(Oc2ccc(CNC(=O)C3(NC(=O)c4ccno4)CCNC3)cc2)c(C(F)(F)F)c1. The molecule has 12 heteroatoms. The first kappa shape index (κ1) is 25.0. The Hall–Kier alpha value is -4.06. The van der Waals surface area contributed by atoms with Gasteiger partial charge >= 0.3 is 6.18 Å². The van der Waals surface area contributed by atoms with Gasteiger partial charge in [-0.3, -0.25) is 9.59 Å². The highest BCUT2D eigenvalue weighted by atomic mass is 19.4. The molecule has 1 aromatic heterocycles. The van der Waals surface area contributed by atoms with Gasteiger partial charge in [0.25, 0.3) is 5.91 Å². The quantitative estimate of drug-likeness (QED) is 0.431. The number of carbonyl (C=O) groups excluding carboxylic acids is 2. The molecule has 0 spiro atoms. The monoisotopic (exact) mass is 504 g/mol. The lowest BCUT2D eigenvalue weighted by Gasteiger charge is -2.27. The minimum absolute atomic E-state index is 0.00444. The molecular weight excluding hydrogens is 481 g/mol. The molecule has 0 radical (unpaired) electrons. The van der Waals surface area contributed by atoms with Gasteiger partial charge in [-0.15, -0.1) is 0 Å². The molecule has 2 amide bonds. The Bertz CT molecular complexity index is 1210. The van der Waals surface area contributed by atoms with E-state index < -0.39 is 23.2 Å². The van der Waals surface area contributed by atoms with Gasteiger partial charge < -0.3 is 29.9 Å². The van der Waals surface area contributed by atoms with Gasteiger partial charge in [0.2, 0.25) is 11.7 Å². The molecule has 36 heavy (non-hydrogen) atoms. The summed E-state index contributed by atoms with van der Waals surface area (Å²) in [6.07, 6.45) is -2.91. The zero-order chi connectivity index (χ0) is 25.8. The standard InChI is InChI=1S/C24H23F3N4O5/c1-34-17-6-7-19(18(12-17)24(25,26)27)35-16-4-2-15(3-5-16)13-29-22(33)23(9-11-28-14-23)31-21(32)20-8-10-30-36-20/h2-8,10,12,28H,9,11,13-14H2,1H3,(H,29,33)(H,31,32). The van der Waals surface area contributed by atoms with Crippen molar-refractivity contribution < 1.29 is 36.8 Å². The molecule has 0 aliphatic carbocycles. The van der Waals surface area contributed by atoms with Crippen molar-refractivity contribution in [2.45, 2.75) is 24.7 Å². The second kappa shape index (κ2) is 10.3. The molecule has 3 N–H and O–H groups in total. The number of carbonyl (C=O) groups is 2. The first-order chi connectivity index (χ1) is 17.2. The van der Waals surface area contributed by atoms with Gasteiger partial charge in [-0.25, -0.2) is 0 Å². The Morgan fingerprint density at radius 2 is 1.89 bits per heavy atom. The van der Waals surface area contributed by atoms with Crippen LogP contribution >= 0.6 is 0 Å². The van der Waals surface area contributed by atoms with Gasteiger partial charge in [-0.2, -0.15) is 13.2 Å². The van der Waals surface area contributed by atoms with Crippen LogP contribution in [0.5, 0.6) is 17.2 Å². The van der Waals surface area contributed by atoms with E-state index in [1.54, 1.807) is 12.1 Å². The van der Waals surface area contributed by atoms with Crippen LogP contribution in [0.2, 0.25) is 0 Å². The maximum atomic E-state index is 13.4. The maximum absolute atomic E-state index is 13.4. The number of amides is 2. The van der Waals surface area contributed by atoms with E-state index in [4.69, 9.17) is 14.0 Å². The average Bonchev–Trinajstić information content (AvgIpc) is 3.56. The number of rotatable bonds is 8. The fourth-order valence-corrected chi connectivity index (χ4v) is 3.76. The fourth-order valence-electron chi connectivity index (χ4n) is 3.76. The van der Waals surface area contributed by atoms with E-state index in [9.17, 15) is 22.8 Å². The van der Waals surface area contributed by atoms with E-state index in [0.717, 1.165) is 6.07 Å². The zero-order valence-corrected chi connectivity index (χ0v) is 19.1. The maximum Gasteiger partial charge on any atom is 0.420 e. The summed E-state index contributed by atoms with van der Waals surface area (Å²) < 4.78 is 55.4. The number of benzene rings is 2. The number of nitrogens with one attached hydrogen (secondary N) is 3. The first-order valence-electron chi connectivity index (χ1n) is 10.9. The molecule has 1 unspecified atom stereocenters. The van der Waals surface area contributed by atoms with Crippen LogP contribution in [0.1, 0.15) is 28.1 Å². The highest BCUT2D eigenvalue weighted by Crippen LogP contribution is 2.40. The number of aromatic nitrogens is 1. The number of methoxy groups -OCH3 is 1. The predicted octanol–water partition coefficient (Wildman–Crippen LogP) is 3.27. The van der Waals surface area contributed by atoms with Crippen molar-refractivity contribution in [3.8, 4) is 17.2 Å². The lowest BCUT2D eigenvalue weighted by molar-refractivity contribution is -0.138. The van der Waals surface area contributed by atoms with Crippen molar-refractivity contribution in [2.24, 2.45) is 0 Å². The molecule has 1 aliphatic rings. The van der Waals surface area contributed by atoms with E-state index in [1.165, 1.54) is 43.6 Å². The van der Waals surface area contributed by atoms with Gasteiger partial charge in [-0.1, -0.05) is 17.3 Å². The summed E-state index contributed by atoms with van der Waals surface area (Å²) in [4.78, 5) is 25.4. The second-order valence-corrected chi connectivity index (χ2v) is 8.13. The smallest absolute Gasteiger partial charge is 0.420 e. The van der Waals surface area contributed by atoms with Crippen LogP contribution in [0.4, 0.5) is 13.2 Å². The molecule has 1 aliphatic heterocycles. The van der Waals surface area contributed by atoms with Crippen molar-refractivity contribution >= 4 is 11.8 Å². The largest absolute Gasteiger partial charge is 0.497 e. The minimum atomic E-state index is -4.62. The third-order valence-corrected chi connectivity index (χ3v) is 5.70. The molecule has 1 atom stereocenters. The molecule has 0 bridgehead atoms. The Balaban J connectivity index is 1.40. The van der Waals surface area contributed by atoms with Crippen molar-refractivity contribution in [3.05, 3.63) is 71.6 Å². The molecule has 4 rings (SSSR count). The van der Waals surface area contributed by atoms with E-state index in [0.29, 0.717) is 18.5 Å². The Labute approximate surface area is 203 Å². The summed E-state index contributed by atoms with van der Waals surface area (Å²) in [6.45, 7) is 0.922. The number of halogens is 3. The fraction of sp³-hybridized carbons (Fsp3) is 0.292. The molecule has 2 heterocycles. The average molecular weight is 504 g/mol. The number of ether oxygens (including phenoxy) is 2. The van der Waals surface area contributed by atoms with Crippen molar-refractivity contribution in [1.82, 2.24) is 21.1 Å². The lowest BCUT2D eigenvalue weighted by Crippen LogP contribution is -2.60. The van der Waals surface area contributed by atoms with E-state index in [2.05, 4.69) is 21.1 Å².